The summed E-state index contributed by atoms with van der Waals surface area (Å²) in [5.41, 5.74) is 2.86. The lowest BCUT2D eigenvalue weighted by atomic mass is 9.99. The van der Waals surface area contributed by atoms with Crippen LogP contribution in [-0.4, -0.2) is 13.7 Å². The molecule has 1 aromatic rings. The Morgan fingerprint density at radius 1 is 1.50 bits per heavy atom. The predicted octanol–water partition coefficient (Wildman–Crippen LogP) is 2.30. The van der Waals surface area contributed by atoms with E-state index >= 15 is 0 Å². The van der Waals surface area contributed by atoms with Crippen LogP contribution in [0.3, 0.4) is 0 Å². The van der Waals surface area contributed by atoms with Gasteiger partial charge < -0.3 is 10.1 Å². The van der Waals surface area contributed by atoms with Crippen LogP contribution in [0, 0.1) is 18.3 Å². The Morgan fingerprint density at radius 2 is 2.31 bits per heavy atom. The van der Waals surface area contributed by atoms with Crippen molar-refractivity contribution in [2.75, 3.05) is 13.7 Å². The standard InChI is InChI=1S/C13H16N2O/c1-9-6-10(12-4-3-5-15-12)7-11(8-14)13(9)16-2/h6-7,12,15H,3-5H2,1-2H3. The third-order valence-corrected chi connectivity index (χ3v) is 3.08. The molecule has 1 saturated heterocycles. The van der Waals surface area contributed by atoms with Gasteiger partial charge in [0.15, 0.2) is 0 Å². The maximum Gasteiger partial charge on any atom is 0.139 e. The van der Waals surface area contributed by atoms with Crippen LogP contribution in [0.5, 0.6) is 5.75 Å². The third-order valence-electron chi connectivity index (χ3n) is 3.08. The van der Waals surface area contributed by atoms with Crippen molar-refractivity contribution in [1.29, 1.82) is 5.26 Å². The minimum atomic E-state index is 0.400. The molecule has 84 valence electrons. The maximum absolute atomic E-state index is 9.09. The highest BCUT2D eigenvalue weighted by Crippen LogP contribution is 2.30. The van der Waals surface area contributed by atoms with Gasteiger partial charge in [0.05, 0.1) is 12.7 Å². The second-order valence-corrected chi connectivity index (χ2v) is 4.18. The zero-order valence-electron chi connectivity index (χ0n) is 9.71. The summed E-state index contributed by atoms with van der Waals surface area (Å²) in [5, 5.41) is 12.5. The van der Waals surface area contributed by atoms with Gasteiger partial charge in [-0.3, -0.25) is 0 Å². The van der Waals surface area contributed by atoms with Gasteiger partial charge in [-0.2, -0.15) is 5.26 Å². The van der Waals surface area contributed by atoms with Gasteiger partial charge in [0.1, 0.15) is 11.8 Å². The highest BCUT2D eigenvalue weighted by Gasteiger charge is 2.18. The van der Waals surface area contributed by atoms with Crippen molar-refractivity contribution in [3.63, 3.8) is 0 Å². The molecule has 3 nitrogen and oxygen atoms in total. The van der Waals surface area contributed by atoms with Crippen molar-refractivity contribution in [2.45, 2.75) is 25.8 Å². The molecule has 1 unspecified atom stereocenters. The summed E-state index contributed by atoms with van der Waals surface area (Å²) in [5.74, 6) is 0.698. The average molecular weight is 216 g/mol. The number of rotatable bonds is 2. The highest BCUT2D eigenvalue weighted by molar-refractivity contribution is 5.51. The molecule has 0 bridgehead atoms. The fraction of sp³-hybridized carbons (Fsp3) is 0.462. The number of nitrogens with zero attached hydrogens (tertiary/aromatic N) is 1. The summed E-state index contributed by atoms with van der Waals surface area (Å²) in [6.07, 6.45) is 2.36. The van der Waals surface area contributed by atoms with E-state index in [0.717, 1.165) is 18.5 Å². The number of nitriles is 1. The lowest BCUT2D eigenvalue weighted by molar-refractivity contribution is 0.410. The number of aryl methyl sites for hydroxylation is 1. The Bertz CT molecular complexity index is 428. The van der Waals surface area contributed by atoms with Crippen LogP contribution in [0.4, 0.5) is 0 Å². The van der Waals surface area contributed by atoms with Crippen molar-refractivity contribution in [1.82, 2.24) is 5.32 Å². The van der Waals surface area contributed by atoms with E-state index in [4.69, 9.17) is 10.00 Å². The third kappa shape index (κ3) is 1.89. The number of benzene rings is 1. The van der Waals surface area contributed by atoms with Crippen molar-refractivity contribution in [3.8, 4) is 11.8 Å². The molecule has 0 spiro atoms. The van der Waals surface area contributed by atoms with E-state index in [1.807, 2.05) is 13.0 Å². The van der Waals surface area contributed by atoms with E-state index in [9.17, 15) is 0 Å². The van der Waals surface area contributed by atoms with E-state index in [2.05, 4.69) is 17.5 Å². The van der Waals surface area contributed by atoms with Crippen molar-refractivity contribution < 1.29 is 4.74 Å². The zero-order chi connectivity index (χ0) is 11.5. The van der Waals surface area contributed by atoms with Crippen molar-refractivity contribution in [2.24, 2.45) is 0 Å². The summed E-state index contributed by atoms with van der Waals surface area (Å²) in [4.78, 5) is 0. The Hall–Kier alpha value is -1.53. The molecule has 2 rings (SSSR count). The molecule has 0 radical (unpaired) electrons. The normalized spacial score (nSPS) is 19.4. The van der Waals surface area contributed by atoms with Crippen LogP contribution in [-0.2, 0) is 0 Å². The largest absolute Gasteiger partial charge is 0.495 e. The minimum absolute atomic E-state index is 0.400. The molecule has 1 fully saturated rings. The quantitative estimate of drug-likeness (QED) is 0.825. The number of ether oxygens (including phenoxy) is 1. The Labute approximate surface area is 96.0 Å². The Morgan fingerprint density at radius 3 is 2.88 bits per heavy atom. The first-order valence-electron chi connectivity index (χ1n) is 5.58. The molecule has 1 atom stereocenters. The van der Waals surface area contributed by atoms with Gasteiger partial charge in [-0.25, -0.2) is 0 Å². The molecule has 1 heterocycles. The maximum atomic E-state index is 9.09. The van der Waals surface area contributed by atoms with Gasteiger partial charge in [-0.15, -0.1) is 0 Å². The first-order valence-corrected chi connectivity index (χ1v) is 5.58. The highest BCUT2D eigenvalue weighted by atomic mass is 16.5. The van der Waals surface area contributed by atoms with Gasteiger partial charge in [0.25, 0.3) is 0 Å². The first-order chi connectivity index (χ1) is 7.76. The fourth-order valence-corrected chi connectivity index (χ4v) is 2.33. The monoisotopic (exact) mass is 216 g/mol. The lowest BCUT2D eigenvalue weighted by Gasteiger charge is -2.14. The number of nitrogens with one attached hydrogen (secondary N) is 1. The molecule has 1 aliphatic heterocycles. The van der Waals surface area contributed by atoms with Gasteiger partial charge in [0.2, 0.25) is 0 Å². The van der Waals surface area contributed by atoms with Crippen molar-refractivity contribution >= 4 is 0 Å². The average Bonchev–Trinajstić information content (AvgIpc) is 2.81. The molecule has 0 aromatic heterocycles. The van der Waals surface area contributed by atoms with Crippen LogP contribution in [0.2, 0.25) is 0 Å². The SMILES string of the molecule is COc1c(C)cc(C2CCCN2)cc1C#N. The zero-order valence-corrected chi connectivity index (χ0v) is 9.71. The van der Waals surface area contributed by atoms with Crippen LogP contribution in [0.15, 0.2) is 12.1 Å². The molecule has 0 amide bonds. The minimum Gasteiger partial charge on any atom is -0.495 e. The molecule has 16 heavy (non-hydrogen) atoms. The molecule has 1 aliphatic rings. The van der Waals surface area contributed by atoms with Crippen LogP contribution >= 0.6 is 0 Å². The molecule has 3 heteroatoms. The summed E-state index contributed by atoms with van der Waals surface area (Å²) in [6, 6.07) is 6.65. The molecular weight excluding hydrogens is 200 g/mol. The smallest absolute Gasteiger partial charge is 0.139 e. The summed E-state index contributed by atoms with van der Waals surface area (Å²) in [6.45, 7) is 3.05. The summed E-state index contributed by atoms with van der Waals surface area (Å²) >= 11 is 0. The number of hydrogen-bond donors (Lipinski definition) is 1. The first kappa shape index (κ1) is 11.0. The van der Waals surface area contributed by atoms with Crippen LogP contribution in [0.25, 0.3) is 0 Å². The second kappa shape index (κ2) is 4.54. The second-order valence-electron chi connectivity index (χ2n) is 4.18. The molecule has 0 saturated carbocycles. The Balaban J connectivity index is 2.41. The predicted molar refractivity (Wildman–Crippen MR) is 62.4 cm³/mol. The molecule has 1 aromatic carbocycles. The van der Waals surface area contributed by atoms with Gasteiger partial charge in [0, 0.05) is 6.04 Å². The molecule has 1 N–H and O–H groups in total. The van der Waals surface area contributed by atoms with E-state index in [-0.39, 0.29) is 0 Å². The lowest BCUT2D eigenvalue weighted by Crippen LogP contribution is -2.13. The topological polar surface area (TPSA) is 45.0 Å². The number of hydrogen-bond acceptors (Lipinski definition) is 3. The number of methoxy groups -OCH3 is 1. The van der Waals surface area contributed by atoms with Gasteiger partial charge in [-0.1, -0.05) is 6.07 Å². The van der Waals surface area contributed by atoms with E-state index in [0.29, 0.717) is 17.4 Å². The van der Waals surface area contributed by atoms with E-state index < -0.39 is 0 Å². The molecule has 0 aliphatic carbocycles. The fourth-order valence-electron chi connectivity index (χ4n) is 2.33. The van der Waals surface area contributed by atoms with Crippen LogP contribution < -0.4 is 10.1 Å². The Kier molecular flexibility index (Phi) is 3.12. The van der Waals surface area contributed by atoms with E-state index in [1.54, 1.807) is 7.11 Å². The van der Waals surface area contributed by atoms with Crippen LogP contribution in [0.1, 0.15) is 35.6 Å². The van der Waals surface area contributed by atoms with Gasteiger partial charge in [-0.05, 0) is 43.5 Å². The molecular formula is C13H16N2O. The summed E-state index contributed by atoms with van der Waals surface area (Å²) in [7, 11) is 1.61. The van der Waals surface area contributed by atoms with Gasteiger partial charge >= 0.3 is 0 Å². The van der Waals surface area contributed by atoms with Crippen molar-refractivity contribution in [3.05, 3.63) is 28.8 Å². The van der Waals surface area contributed by atoms with E-state index in [1.165, 1.54) is 12.0 Å². The summed E-state index contributed by atoms with van der Waals surface area (Å²) < 4.78 is 5.24.